The number of nitrogens with one attached hydrogen (secondary N) is 2. The van der Waals surface area contributed by atoms with Crippen LogP contribution in [0.25, 0.3) is 0 Å². The van der Waals surface area contributed by atoms with Crippen LogP contribution in [0.3, 0.4) is 0 Å². The van der Waals surface area contributed by atoms with E-state index < -0.39 is 17.9 Å². The Balaban J connectivity index is 2.09. The van der Waals surface area contributed by atoms with E-state index in [0.29, 0.717) is 13.0 Å². The van der Waals surface area contributed by atoms with Crippen LogP contribution in [0.5, 0.6) is 0 Å². The monoisotopic (exact) mass is 263 g/mol. The van der Waals surface area contributed by atoms with Gasteiger partial charge in [-0.05, 0) is 25.0 Å². The number of rotatable bonds is 3. The lowest BCUT2D eigenvalue weighted by Gasteiger charge is -2.22. The molecule has 1 aromatic heterocycles. The Morgan fingerprint density at radius 1 is 1.37 bits per heavy atom. The van der Waals surface area contributed by atoms with Crippen LogP contribution in [0, 0.1) is 0 Å². The van der Waals surface area contributed by atoms with Crippen molar-refractivity contribution in [1.82, 2.24) is 15.6 Å². The molecule has 0 radical (unpaired) electrons. The van der Waals surface area contributed by atoms with E-state index in [1.54, 1.807) is 0 Å². The molecule has 0 spiro atoms. The zero-order valence-electron chi connectivity index (χ0n) is 10.0. The van der Waals surface area contributed by atoms with E-state index in [2.05, 4.69) is 15.6 Å². The van der Waals surface area contributed by atoms with E-state index in [1.807, 2.05) is 0 Å². The molecular formula is C12H13N3O4. The second-order valence-electron chi connectivity index (χ2n) is 4.17. The Morgan fingerprint density at radius 3 is 2.79 bits per heavy atom. The van der Waals surface area contributed by atoms with Gasteiger partial charge in [0.05, 0.1) is 0 Å². The Labute approximate surface area is 109 Å². The van der Waals surface area contributed by atoms with Crippen molar-refractivity contribution in [2.45, 2.75) is 18.9 Å². The Bertz CT molecular complexity index is 529. The van der Waals surface area contributed by atoms with Gasteiger partial charge in [-0.25, -0.2) is 9.78 Å². The molecule has 2 heterocycles. The highest BCUT2D eigenvalue weighted by atomic mass is 16.4. The Hall–Kier alpha value is -2.44. The summed E-state index contributed by atoms with van der Waals surface area (Å²) in [7, 11) is 0. The van der Waals surface area contributed by atoms with Crippen LogP contribution in [0.4, 0.5) is 0 Å². The smallest absolute Gasteiger partial charge is 0.354 e. The highest BCUT2D eigenvalue weighted by Gasteiger charge is 2.24. The number of carboxylic acids is 1. The summed E-state index contributed by atoms with van der Waals surface area (Å²) in [6.45, 7) is 0.609. The minimum absolute atomic E-state index is 0.0155. The van der Waals surface area contributed by atoms with E-state index >= 15 is 0 Å². The maximum absolute atomic E-state index is 11.9. The van der Waals surface area contributed by atoms with Gasteiger partial charge < -0.3 is 15.7 Å². The highest BCUT2D eigenvalue weighted by Crippen LogP contribution is 2.05. The summed E-state index contributed by atoms with van der Waals surface area (Å²) in [6, 6.07) is 3.55. The number of carboxylic acid groups (broad SMARTS) is 1. The number of carbonyl (C=O) groups excluding carboxylic acids is 2. The third-order valence-corrected chi connectivity index (χ3v) is 2.79. The molecule has 19 heavy (non-hydrogen) atoms. The summed E-state index contributed by atoms with van der Waals surface area (Å²) < 4.78 is 0. The average molecular weight is 263 g/mol. The van der Waals surface area contributed by atoms with Crippen LogP contribution in [-0.2, 0) is 4.79 Å². The molecule has 7 nitrogen and oxygen atoms in total. The van der Waals surface area contributed by atoms with Gasteiger partial charge in [0.1, 0.15) is 17.4 Å². The van der Waals surface area contributed by atoms with Gasteiger partial charge in [-0.1, -0.05) is 6.07 Å². The maximum Gasteiger partial charge on any atom is 0.354 e. The first-order chi connectivity index (χ1) is 9.08. The molecule has 2 rings (SSSR count). The number of hydrogen-bond donors (Lipinski definition) is 3. The molecule has 1 saturated heterocycles. The summed E-state index contributed by atoms with van der Waals surface area (Å²) >= 11 is 0. The standard InChI is InChI=1S/C12H13N3O4/c16-10-7(5-2-6-13-10)15-11(17)8-3-1-4-9(14-8)12(18)19/h1,3-4,7H,2,5-6H2,(H,13,16)(H,15,17)(H,18,19). The number of pyridine rings is 1. The van der Waals surface area contributed by atoms with Gasteiger partial charge in [-0.2, -0.15) is 0 Å². The molecule has 0 bridgehead atoms. The van der Waals surface area contributed by atoms with Crippen molar-refractivity contribution in [3.63, 3.8) is 0 Å². The summed E-state index contributed by atoms with van der Waals surface area (Å²) in [6.07, 6.45) is 1.36. The lowest BCUT2D eigenvalue weighted by Crippen LogP contribution is -2.50. The molecule has 3 N–H and O–H groups in total. The van der Waals surface area contributed by atoms with Crippen molar-refractivity contribution in [3.05, 3.63) is 29.6 Å². The van der Waals surface area contributed by atoms with Crippen LogP contribution in [0.2, 0.25) is 0 Å². The number of amides is 2. The molecule has 1 aliphatic heterocycles. The fourth-order valence-corrected chi connectivity index (χ4v) is 1.82. The lowest BCUT2D eigenvalue weighted by molar-refractivity contribution is -0.124. The molecule has 100 valence electrons. The first kappa shape index (κ1) is 13.0. The summed E-state index contributed by atoms with van der Waals surface area (Å²) in [4.78, 5) is 37.9. The summed E-state index contributed by atoms with van der Waals surface area (Å²) in [5.41, 5.74) is -0.223. The minimum atomic E-state index is -1.20. The molecule has 7 heteroatoms. The maximum atomic E-state index is 11.9. The highest BCUT2D eigenvalue weighted by molar-refractivity contribution is 5.97. The van der Waals surface area contributed by atoms with Gasteiger partial charge in [-0.3, -0.25) is 9.59 Å². The average Bonchev–Trinajstić information content (AvgIpc) is 2.41. The molecule has 0 aromatic carbocycles. The lowest BCUT2D eigenvalue weighted by atomic mass is 10.1. The zero-order valence-corrected chi connectivity index (χ0v) is 10.0. The van der Waals surface area contributed by atoms with E-state index in [9.17, 15) is 14.4 Å². The van der Waals surface area contributed by atoms with Crippen LogP contribution in [-0.4, -0.2) is 40.5 Å². The molecule has 1 aromatic rings. The van der Waals surface area contributed by atoms with Gasteiger partial charge in [0.25, 0.3) is 5.91 Å². The van der Waals surface area contributed by atoms with Crippen molar-refractivity contribution >= 4 is 17.8 Å². The molecule has 0 aliphatic carbocycles. The molecular weight excluding hydrogens is 250 g/mol. The molecule has 1 aliphatic rings. The fraction of sp³-hybridized carbons (Fsp3) is 0.333. The second-order valence-corrected chi connectivity index (χ2v) is 4.17. The van der Waals surface area contributed by atoms with Gasteiger partial charge in [0.15, 0.2) is 0 Å². The molecule has 0 saturated carbocycles. The first-order valence-corrected chi connectivity index (χ1v) is 5.87. The number of aromatic nitrogens is 1. The number of piperidine rings is 1. The molecule has 1 atom stereocenters. The van der Waals surface area contributed by atoms with Crippen LogP contribution in [0.1, 0.15) is 33.8 Å². The quantitative estimate of drug-likeness (QED) is 0.699. The number of carbonyl (C=O) groups is 3. The van der Waals surface area contributed by atoms with Crippen molar-refractivity contribution in [2.75, 3.05) is 6.54 Å². The van der Waals surface area contributed by atoms with Crippen molar-refractivity contribution in [1.29, 1.82) is 0 Å². The van der Waals surface area contributed by atoms with Crippen molar-refractivity contribution < 1.29 is 19.5 Å². The van der Waals surface area contributed by atoms with Crippen molar-refractivity contribution in [2.24, 2.45) is 0 Å². The van der Waals surface area contributed by atoms with Crippen LogP contribution < -0.4 is 10.6 Å². The topological polar surface area (TPSA) is 108 Å². The van der Waals surface area contributed by atoms with Gasteiger partial charge in [-0.15, -0.1) is 0 Å². The third-order valence-electron chi connectivity index (χ3n) is 2.79. The Morgan fingerprint density at radius 2 is 2.11 bits per heavy atom. The number of hydrogen-bond acceptors (Lipinski definition) is 4. The largest absolute Gasteiger partial charge is 0.477 e. The minimum Gasteiger partial charge on any atom is -0.477 e. The zero-order chi connectivity index (χ0) is 13.8. The normalized spacial score (nSPS) is 18.5. The Kier molecular flexibility index (Phi) is 3.74. The predicted molar refractivity (Wildman–Crippen MR) is 64.7 cm³/mol. The predicted octanol–water partition coefficient (Wildman–Crippen LogP) is -0.212. The third kappa shape index (κ3) is 3.06. The van der Waals surface area contributed by atoms with Crippen LogP contribution in [0.15, 0.2) is 18.2 Å². The van der Waals surface area contributed by atoms with Gasteiger partial charge in [0.2, 0.25) is 5.91 Å². The van der Waals surface area contributed by atoms with Gasteiger partial charge >= 0.3 is 5.97 Å². The number of aromatic carboxylic acids is 1. The number of nitrogens with zero attached hydrogens (tertiary/aromatic N) is 1. The fourth-order valence-electron chi connectivity index (χ4n) is 1.82. The molecule has 2 amide bonds. The van der Waals surface area contributed by atoms with E-state index in [4.69, 9.17) is 5.11 Å². The SMILES string of the molecule is O=C(O)c1cccc(C(=O)NC2CCCNC2=O)n1. The summed E-state index contributed by atoms with van der Waals surface area (Å²) in [5, 5.41) is 14.0. The van der Waals surface area contributed by atoms with Crippen LogP contribution >= 0.6 is 0 Å². The van der Waals surface area contributed by atoms with E-state index in [1.165, 1.54) is 18.2 Å². The first-order valence-electron chi connectivity index (χ1n) is 5.87. The van der Waals surface area contributed by atoms with E-state index in [-0.39, 0.29) is 17.3 Å². The molecule has 1 unspecified atom stereocenters. The van der Waals surface area contributed by atoms with Crippen molar-refractivity contribution in [3.8, 4) is 0 Å². The summed E-state index contributed by atoms with van der Waals surface area (Å²) in [5.74, 6) is -1.98. The van der Waals surface area contributed by atoms with Gasteiger partial charge in [0, 0.05) is 6.54 Å². The second kappa shape index (κ2) is 5.47. The van der Waals surface area contributed by atoms with E-state index in [0.717, 1.165) is 6.42 Å². The molecule has 1 fully saturated rings.